The Hall–Kier alpha value is -3.48. The van der Waals surface area contributed by atoms with Crippen LogP contribution < -0.4 is 10.9 Å². The van der Waals surface area contributed by atoms with Gasteiger partial charge in [-0.15, -0.1) is 0 Å². The number of benzene rings is 2. The maximum absolute atomic E-state index is 12.3. The van der Waals surface area contributed by atoms with Crippen molar-refractivity contribution in [1.29, 1.82) is 0 Å². The van der Waals surface area contributed by atoms with Gasteiger partial charge in [-0.05, 0) is 56.5 Å². The van der Waals surface area contributed by atoms with E-state index in [2.05, 4.69) is 15.3 Å². The van der Waals surface area contributed by atoms with E-state index in [1.54, 1.807) is 25.1 Å². The number of para-hydroxylation sites is 1. The van der Waals surface area contributed by atoms with Gasteiger partial charge in [-0.3, -0.25) is 14.4 Å². The highest BCUT2D eigenvalue weighted by Gasteiger charge is 2.18. The number of anilines is 1. The molecule has 1 aromatic heterocycles. The standard InChI is InChI=1S/C23H25N3O4/c1-14-11-12-15(2)19(13-14)25-22(28)16(3)30-21(27)10-6-9-20-24-18-8-5-4-7-17(18)23(29)26-20/h4-5,7-8,11-13,16H,6,9-10H2,1-3H3,(H,25,28)(H,24,26,29)/t16-/m0/s1. The fourth-order valence-electron chi connectivity index (χ4n) is 3.07. The van der Waals surface area contributed by atoms with Crippen LogP contribution in [0.3, 0.4) is 0 Å². The van der Waals surface area contributed by atoms with Crippen molar-refractivity contribution < 1.29 is 14.3 Å². The summed E-state index contributed by atoms with van der Waals surface area (Å²) in [6.45, 7) is 5.38. The normalized spacial score (nSPS) is 11.8. The van der Waals surface area contributed by atoms with Crippen molar-refractivity contribution in [3.05, 3.63) is 69.8 Å². The minimum atomic E-state index is -0.906. The third kappa shape index (κ3) is 5.31. The Morgan fingerprint density at radius 2 is 1.93 bits per heavy atom. The number of nitrogens with zero attached hydrogens (tertiary/aromatic N) is 1. The first-order chi connectivity index (χ1) is 14.3. The zero-order valence-electron chi connectivity index (χ0n) is 17.3. The SMILES string of the molecule is Cc1ccc(C)c(NC(=O)[C@H](C)OC(=O)CCCc2nc3ccccc3c(=O)[nH]2)c1. The number of fused-ring (bicyclic) bond motifs is 1. The van der Waals surface area contributed by atoms with E-state index < -0.39 is 12.1 Å². The monoisotopic (exact) mass is 407 g/mol. The Kier molecular flexibility index (Phi) is 6.61. The highest BCUT2D eigenvalue weighted by molar-refractivity contribution is 5.95. The average molecular weight is 407 g/mol. The van der Waals surface area contributed by atoms with E-state index in [9.17, 15) is 14.4 Å². The van der Waals surface area contributed by atoms with Crippen LogP contribution in [0.4, 0.5) is 5.69 Å². The van der Waals surface area contributed by atoms with Gasteiger partial charge < -0.3 is 15.0 Å². The Labute approximate surface area is 174 Å². The zero-order valence-corrected chi connectivity index (χ0v) is 17.3. The molecule has 0 bridgehead atoms. The summed E-state index contributed by atoms with van der Waals surface area (Å²) in [6.07, 6.45) is 0.0948. The Morgan fingerprint density at radius 3 is 2.73 bits per heavy atom. The summed E-state index contributed by atoms with van der Waals surface area (Å²) < 4.78 is 5.24. The third-order valence-electron chi connectivity index (χ3n) is 4.78. The molecule has 0 aliphatic carbocycles. The highest BCUT2D eigenvalue weighted by atomic mass is 16.5. The summed E-state index contributed by atoms with van der Waals surface area (Å²) in [7, 11) is 0. The number of aromatic nitrogens is 2. The molecule has 1 heterocycles. The van der Waals surface area contributed by atoms with Crippen molar-refractivity contribution in [1.82, 2.24) is 9.97 Å². The van der Waals surface area contributed by atoms with E-state index in [1.807, 2.05) is 38.1 Å². The topological polar surface area (TPSA) is 101 Å². The average Bonchev–Trinajstić information content (AvgIpc) is 2.70. The second-order valence-electron chi connectivity index (χ2n) is 7.32. The summed E-state index contributed by atoms with van der Waals surface area (Å²) >= 11 is 0. The van der Waals surface area contributed by atoms with Gasteiger partial charge in [0, 0.05) is 18.5 Å². The number of rotatable bonds is 7. The third-order valence-corrected chi connectivity index (χ3v) is 4.78. The molecule has 0 fully saturated rings. The molecule has 3 rings (SSSR count). The highest BCUT2D eigenvalue weighted by Crippen LogP contribution is 2.17. The molecule has 0 saturated carbocycles. The number of esters is 1. The summed E-state index contributed by atoms with van der Waals surface area (Å²) in [4.78, 5) is 43.7. The Bertz CT molecular complexity index is 1140. The van der Waals surface area contributed by atoms with Crippen molar-refractivity contribution in [2.24, 2.45) is 0 Å². The van der Waals surface area contributed by atoms with Gasteiger partial charge >= 0.3 is 5.97 Å². The number of aryl methyl sites for hydroxylation is 3. The van der Waals surface area contributed by atoms with E-state index in [-0.39, 0.29) is 17.9 Å². The van der Waals surface area contributed by atoms with Crippen molar-refractivity contribution >= 4 is 28.5 Å². The summed E-state index contributed by atoms with van der Waals surface area (Å²) in [6, 6.07) is 12.9. The molecule has 2 aromatic carbocycles. The minimum absolute atomic E-state index is 0.123. The molecule has 0 aliphatic heterocycles. The molecule has 0 saturated heterocycles. The molecule has 0 radical (unpaired) electrons. The van der Waals surface area contributed by atoms with Gasteiger partial charge in [0.2, 0.25) is 0 Å². The summed E-state index contributed by atoms with van der Waals surface area (Å²) in [5.74, 6) is -0.327. The zero-order chi connectivity index (χ0) is 21.7. The molecule has 30 heavy (non-hydrogen) atoms. The van der Waals surface area contributed by atoms with Gasteiger partial charge in [-0.1, -0.05) is 24.3 Å². The number of carbonyl (C=O) groups is 2. The van der Waals surface area contributed by atoms with Crippen LogP contribution in [-0.4, -0.2) is 27.9 Å². The first-order valence-electron chi connectivity index (χ1n) is 9.89. The number of amides is 1. The first-order valence-corrected chi connectivity index (χ1v) is 9.89. The second-order valence-corrected chi connectivity index (χ2v) is 7.32. The summed E-state index contributed by atoms with van der Waals surface area (Å²) in [5, 5.41) is 3.33. The number of nitrogens with one attached hydrogen (secondary N) is 2. The van der Waals surface area contributed by atoms with Gasteiger partial charge in [0.05, 0.1) is 10.9 Å². The molecule has 0 spiro atoms. The number of hydrogen-bond acceptors (Lipinski definition) is 5. The quantitative estimate of drug-likeness (QED) is 0.584. The van der Waals surface area contributed by atoms with E-state index in [4.69, 9.17) is 4.74 Å². The Morgan fingerprint density at radius 1 is 1.17 bits per heavy atom. The molecule has 2 N–H and O–H groups in total. The first kappa shape index (κ1) is 21.2. The van der Waals surface area contributed by atoms with Gasteiger partial charge in [0.1, 0.15) is 5.82 Å². The molecule has 1 atom stereocenters. The van der Waals surface area contributed by atoms with Gasteiger partial charge in [-0.25, -0.2) is 4.98 Å². The maximum Gasteiger partial charge on any atom is 0.306 e. The van der Waals surface area contributed by atoms with E-state index in [0.29, 0.717) is 35.3 Å². The minimum Gasteiger partial charge on any atom is -0.453 e. The summed E-state index contributed by atoms with van der Waals surface area (Å²) in [5.41, 5.74) is 3.09. The Balaban J connectivity index is 1.50. The predicted molar refractivity (Wildman–Crippen MR) is 115 cm³/mol. The van der Waals surface area contributed by atoms with Gasteiger partial charge in [0.15, 0.2) is 6.10 Å². The van der Waals surface area contributed by atoms with E-state index in [0.717, 1.165) is 11.1 Å². The van der Waals surface area contributed by atoms with Gasteiger partial charge in [-0.2, -0.15) is 0 Å². The molecule has 0 unspecified atom stereocenters. The lowest BCUT2D eigenvalue weighted by Crippen LogP contribution is -2.30. The smallest absolute Gasteiger partial charge is 0.306 e. The lowest BCUT2D eigenvalue weighted by Gasteiger charge is -2.15. The molecule has 3 aromatic rings. The van der Waals surface area contributed by atoms with E-state index >= 15 is 0 Å². The molecular formula is C23H25N3O4. The van der Waals surface area contributed by atoms with Crippen LogP contribution in [-0.2, 0) is 20.7 Å². The second kappa shape index (κ2) is 9.35. The molecule has 7 nitrogen and oxygen atoms in total. The van der Waals surface area contributed by atoms with Crippen molar-refractivity contribution in [3.63, 3.8) is 0 Å². The number of H-pyrrole nitrogens is 1. The molecule has 7 heteroatoms. The molecule has 0 aliphatic rings. The van der Waals surface area contributed by atoms with Crippen LogP contribution in [0.15, 0.2) is 47.3 Å². The van der Waals surface area contributed by atoms with Crippen LogP contribution in [0, 0.1) is 13.8 Å². The van der Waals surface area contributed by atoms with Crippen LogP contribution in [0.25, 0.3) is 10.9 Å². The lowest BCUT2D eigenvalue weighted by atomic mass is 10.1. The fraction of sp³-hybridized carbons (Fsp3) is 0.304. The molecule has 156 valence electrons. The number of carbonyl (C=O) groups excluding carboxylic acids is 2. The van der Waals surface area contributed by atoms with Crippen LogP contribution in [0.2, 0.25) is 0 Å². The van der Waals surface area contributed by atoms with Crippen LogP contribution in [0.1, 0.15) is 36.7 Å². The number of ether oxygens (including phenoxy) is 1. The van der Waals surface area contributed by atoms with Crippen molar-refractivity contribution in [2.75, 3.05) is 5.32 Å². The lowest BCUT2D eigenvalue weighted by molar-refractivity contribution is -0.153. The van der Waals surface area contributed by atoms with Crippen molar-refractivity contribution in [3.8, 4) is 0 Å². The molecule has 1 amide bonds. The van der Waals surface area contributed by atoms with Gasteiger partial charge in [0.25, 0.3) is 11.5 Å². The van der Waals surface area contributed by atoms with Crippen molar-refractivity contribution in [2.45, 2.75) is 46.1 Å². The van der Waals surface area contributed by atoms with E-state index in [1.165, 1.54) is 0 Å². The maximum atomic E-state index is 12.3. The fourth-order valence-corrected chi connectivity index (χ4v) is 3.07. The predicted octanol–water partition coefficient (Wildman–Crippen LogP) is 3.43. The van der Waals surface area contributed by atoms with Crippen LogP contribution >= 0.6 is 0 Å². The largest absolute Gasteiger partial charge is 0.453 e. The number of aromatic amines is 1. The van der Waals surface area contributed by atoms with Crippen LogP contribution in [0.5, 0.6) is 0 Å². The molecular weight excluding hydrogens is 382 g/mol. The number of hydrogen-bond donors (Lipinski definition) is 2.